The predicted molar refractivity (Wildman–Crippen MR) is 119 cm³/mol. The summed E-state index contributed by atoms with van der Waals surface area (Å²) in [4.78, 5) is 6.90. The molecule has 0 bridgehead atoms. The van der Waals surface area contributed by atoms with Crippen LogP contribution in [0.1, 0.15) is 45.9 Å². The van der Waals surface area contributed by atoms with Crippen LogP contribution in [0.25, 0.3) is 0 Å². The van der Waals surface area contributed by atoms with Gasteiger partial charge in [-0.15, -0.1) is 0 Å². The molecule has 3 aromatic rings. The van der Waals surface area contributed by atoms with E-state index in [0.29, 0.717) is 0 Å². The van der Waals surface area contributed by atoms with E-state index in [-0.39, 0.29) is 12.1 Å². The van der Waals surface area contributed by atoms with Crippen LogP contribution < -0.4 is 10.2 Å². The van der Waals surface area contributed by atoms with Gasteiger partial charge in [0.2, 0.25) is 0 Å². The normalized spacial score (nSPS) is 19.2. The Kier molecular flexibility index (Phi) is 4.71. The maximum atomic E-state index is 5.83. The predicted octanol–water partition coefficient (Wildman–Crippen LogP) is 4.83. The lowest BCUT2D eigenvalue weighted by atomic mass is 9.96. The summed E-state index contributed by atoms with van der Waals surface area (Å²) in [6.07, 6.45) is 1.85. The lowest BCUT2D eigenvalue weighted by Crippen LogP contribution is -2.29. The van der Waals surface area contributed by atoms with Gasteiger partial charge in [-0.05, 0) is 86.9 Å². The van der Waals surface area contributed by atoms with Gasteiger partial charge in [0.1, 0.15) is 0 Å². The van der Waals surface area contributed by atoms with E-state index in [4.69, 9.17) is 12.2 Å². The van der Waals surface area contributed by atoms with Crippen molar-refractivity contribution in [3.05, 3.63) is 82.4 Å². The van der Waals surface area contributed by atoms with Gasteiger partial charge in [-0.3, -0.25) is 4.98 Å². The molecule has 0 unspecified atom stereocenters. The second kappa shape index (κ2) is 7.06. The Hall–Kier alpha value is -2.66. The van der Waals surface area contributed by atoms with E-state index in [0.717, 1.165) is 16.5 Å². The first-order valence-electron chi connectivity index (χ1n) is 9.58. The van der Waals surface area contributed by atoms with E-state index in [9.17, 15) is 0 Å². The SMILES string of the molecule is Cc1cc(C)cc(N2C(=S)N[C@@H](c3ccccn3)[C@@H]2c2cc(C)n(C)c2C)c1. The van der Waals surface area contributed by atoms with Gasteiger partial charge in [0.25, 0.3) is 0 Å². The molecule has 5 heteroatoms. The van der Waals surface area contributed by atoms with Gasteiger partial charge < -0.3 is 14.8 Å². The minimum absolute atomic E-state index is 0.00461. The van der Waals surface area contributed by atoms with Gasteiger partial charge in [-0.1, -0.05) is 12.1 Å². The fourth-order valence-corrected chi connectivity index (χ4v) is 4.57. The summed E-state index contributed by atoms with van der Waals surface area (Å²) in [6.45, 7) is 8.59. The first-order chi connectivity index (χ1) is 13.4. The summed E-state index contributed by atoms with van der Waals surface area (Å²) >= 11 is 5.83. The number of thiocarbonyl (C=S) groups is 1. The number of hydrogen-bond acceptors (Lipinski definition) is 2. The number of nitrogens with one attached hydrogen (secondary N) is 1. The lowest BCUT2D eigenvalue weighted by Gasteiger charge is -2.28. The summed E-state index contributed by atoms with van der Waals surface area (Å²) in [7, 11) is 2.12. The topological polar surface area (TPSA) is 33.1 Å². The molecular formula is C23H26N4S. The third kappa shape index (κ3) is 3.10. The molecule has 144 valence electrons. The summed E-state index contributed by atoms with van der Waals surface area (Å²) in [5.74, 6) is 0. The highest BCUT2D eigenvalue weighted by molar-refractivity contribution is 7.80. The summed E-state index contributed by atoms with van der Waals surface area (Å²) < 4.78 is 2.24. The minimum atomic E-state index is -0.00461. The van der Waals surface area contributed by atoms with Crippen molar-refractivity contribution in [3.8, 4) is 0 Å². The number of pyridine rings is 1. The second-order valence-corrected chi connectivity index (χ2v) is 8.11. The summed E-state index contributed by atoms with van der Waals surface area (Å²) in [6, 6.07) is 15.0. The molecule has 3 heterocycles. The van der Waals surface area contributed by atoms with Gasteiger partial charge in [-0.25, -0.2) is 0 Å². The number of nitrogens with zero attached hydrogens (tertiary/aromatic N) is 3. The molecule has 4 nitrogen and oxygen atoms in total. The van der Waals surface area contributed by atoms with Crippen molar-refractivity contribution in [2.75, 3.05) is 4.90 Å². The van der Waals surface area contributed by atoms with Crippen LogP contribution in [0, 0.1) is 27.7 Å². The van der Waals surface area contributed by atoms with E-state index in [1.54, 1.807) is 0 Å². The van der Waals surface area contributed by atoms with Gasteiger partial charge in [-0.2, -0.15) is 0 Å². The van der Waals surface area contributed by atoms with Crippen molar-refractivity contribution in [1.82, 2.24) is 14.9 Å². The van der Waals surface area contributed by atoms with Crippen LogP contribution in [-0.2, 0) is 7.05 Å². The van der Waals surface area contributed by atoms with E-state index in [1.165, 1.54) is 28.1 Å². The van der Waals surface area contributed by atoms with Crippen LogP contribution in [0.5, 0.6) is 0 Å². The standard InChI is InChI=1S/C23H26N4S/c1-14-10-15(2)12-18(11-14)27-22(19-13-16(3)26(5)17(19)4)21(25-23(27)28)20-8-6-7-9-24-20/h6-13,21-22H,1-5H3,(H,25,28)/t21-,22-/m0/s1. The first kappa shape index (κ1) is 18.7. The number of benzene rings is 1. The average molecular weight is 391 g/mol. The van der Waals surface area contributed by atoms with Gasteiger partial charge in [0.05, 0.1) is 17.8 Å². The third-order valence-electron chi connectivity index (χ3n) is 5.72. The lowest BCUT2D eigenvalue weighted by molar-refractivity contribution is 0.564. The van der Waals surface area contributed by atoms with Gasteiger partial charge >= 0.3 is 0 Å². The van der Waals surface area contributed by atoms with Crippen molar-refractivity contribution in [3.63, 3.8) is 0 Å². The van der Waals surface area contributed by atoms with Gasteiger partial charge in [0.15, 0.2) is 5.11 Å². The molecule has 0 spiro atoms. The molecular weight excluding hydrogens is 364 g/mol. The molecule has 4 rings (SSSR count). The van der Waals surface area contributed by atoms with Crippen molar-refractivity contribution >= 4 is 23.0 Å². The first-order valence-corrected chi connectivity index (χ1v) is 9.99. The fraction of sp³-hybridized carbons (Fsp3) is 0.304. The molecule has 28 heavy (non-hydrogen) atoms. The third-order valence-corrected chi connectivity index (χ3v) is 6.03. The Morgan fingerprint density at radius 2 is 1.71 bits per heavy atom. The zero-order valence-electron chi connectivity index (χ0n) is 17.0. The highest BCUT2D eigenvalue weighted by Crippen LogP contribution is 2.43. The number of anilines is 1. The maximum Gasteiger partial charge on any atom is 0.174 e. The number of aromatic nitrogens is 2. The van der Waals surface area contributed by atoms with E-state index in [2.05, 4.69) is 84.8 Å². The zero-order chi connectivity index (χ0) is 20.0. The van der Waals surface area contributed by atoms with Crippen LogP contribution in [0.3, 0.4) is 0 Å². The van der Waals surface area contributed by atoms with Crippen molar-refractivity contribution in [2.24, 2.45) is 7.05 Å². The van der Waals surface area contributed by atoms with Crippen molar-refractivity contribution in [1.29, 1.82) is 0 Å². The largest absolute Gasteiger partial charge is 0.352 e. The average Bonchev–Trinajstić information content (AvgIpc) is 3.13. The molecule has 1 saturated heterocycles. The van der Waals surface area contributed by atoms with Crippen LogP contribution in [-0.4, -0.2) is 14.7 Å². The highest BCUT2D eigenvalue weighted by atomic mass is 32.1. The number of hydrogen-bond donors (Lipinski definition) is 1. The van der Waals surface area contributed by atoms with Gasteiger partial charge in [0, 0.05) is 30.3 Å². The Morgan fingerprint density at radius 1 is 1.00 bits per heavy atom. The van der Waals surface area contributed by atoms with Crippen molar-refractivity contribution < 1.29 is 0 Å². The summed E-state index contributed by atoms with van der Waals surface area (Å²) in [5.41, 5.74) is 8.37. The fourth-order valence-electron chi connectivity index (χ4n) is 4.22. The van der Waals surface area contributed by atoms with Crippen LogP contribution in [0.2, 0.25) is 0 Å². The highest BCUT2D eigenvalue weighted by Gasteiger charge is 2.42. The molecule has 1 N–H and O–H groups in total. The van der Waals surface area contributed by atoms with Crippen LogP contribution in [0.15, 0.2) is 48.7 Å². The van der Waals surface area contributed by atoms with E-state index in [1.807, 2.05) is 18.3 Å². The van der Waals surface area contributed by atoms with E-state index >= 15 is 0 Å². The van der Waals surface area contributed by atoms with E-state index < -0.39 is 0 Å². The minimum Gasteiger partial charge on any atom is -0.352 e. The molecule has 1 fully saturated rings. The molecule has 0 aliphatic carbocycles. The Labute approximate surface area is 172 Å². The number of rotatable bonds is 3. The molecule has 2 aromatic heterocycles. The molecule has 0 amide bonds. The summed E-state index contributed by atoms with van der Waals surface area (Å²) in [5, 5.41) is 4.29. The van der Waals surface area contributed by atoms with Crippen LogP contribution in [0.4, 0.5) is 5.69 Å². The second-order valence-electron chi connectivity index (χ2n) is 7.73. The molecule has 1 aliphatic heterocycles. The molecule has 1 aliphatic rings. The quantitative estimate of drug-likeness (QED) is 0.649. The molecule has 0 radical (unpaired) electrons. The maximum absolute atomic E-state index is 5.83. The Balaban J connectivity index is 1.90. The number of aryl methyl sites for hydroxylation is 3. The molecule has 2 atom stereocenters. The zero-order valence-corrected chi connectivity index (χ0v) is 17.8. The van der Waals surface area contributed by atoms with Crippen molar-refractivity contribution in [2.45, 2.75) is 39.8 Å². The monoisotopic (exact) mass is 390 g/mol. The van der Waals surface area contributed by atoms with Crippen LogP contribution >= 0.6 is 12.2 Å². The Bertz CT molecular complexity index is 1020. The molecule has 0 saturated carbocycles. The molecule has 1 aromatic carbocycles. The Morgan fingerprint density at radius 3 is 2.29 bits per heavy atom. The smallest absolute Gasteiger partial charge is 0.174 e.